The van der Waals surface area contributed by atoms with Crippen molar-refractivity contribution in [2.45, 2.75) is 32.9 Å². The maximum absolute atomic E-state index is 12.9. The molecule has 0 saturated heterocycles. The molecule has 1 unspecified atom stereocenters. The van der Waals surface area contributed by atoms with Gasteiger partial charge in [-0.2, -0.15) is 5.10 Å². The molecule has 23 heavy (non-hydrogen) atoms. The van der Waals surface area contributed by atoms with Gasteiger partial charge in [-0.15, -0.1) is 0 Å². The molecule has 0 spiro atoms. The van der Waals surface area contributed by atoms with Crippen molar-refractivity contribution in [3.8, 4) is 5.75 Å². The first kappa shape index (κ1) is 15.9. The van der Waals surface area contributed by atoms with Gasteiger partial charge in [0.25, 0.3) is 5.91 Å². The maximum Gasteiger partial charge on any atom is 0.264 e. The van der Waals surface area contributed by atoms with Crippen LogP contribution in [0.4, 0.5) is 0 Å². The lowest BCUT2D eigenvalue weighted by Crippen LogP contribution is -2.46. The quantitative estimate of drug-likeness (QED) is 0.935. The number of halogens is 1. The molecule has 2 heterocycles. The van der Waals surface area contributed by atoms with Gasteiger partial charge in [0.15, 0.2) is 6.10 Å². The van der Waals surface area contributed by atoms with E-state index in [0.717, 1.165) is 17.7 Å². The third-order valence-corrected chi connectivity index (χ3v) is 4.26. The van der Waals surface area contributed by atoms with Gasteiger partial charge in [0.2, 0.25) is 0 Å². The minimum Gasteiger partial charge on any atom is -0.480 e. The number of benzene rings is 1. The molecule has 0 bridgehead atoms. The van der Waals surface area contributed by atoms with Gasteiger partial charge >= 0.3 is 0 Å². The summed E-state index contributed by atoms with van der Waals surface area (Å²) < 4.78 is 5.94. The van der Waals surface area contributed by atoms with Gasteiger partial charge in [-0.3, -0.25) is 9.89 Å². The molecule has 1 N–H and O–H groups in total. The van der Waals surface area contributed by atoms with Crippen LogP contribution in [0.3, 0.4) is 0 Å². The molecular formula is C17H20ClN3O2. The van der Waals surface area contributed by atoms with Crippen LogP contribution in [0.2, 0.25) is 5.02 Å². The average Bonchev–Trinajstić information content (AvgIpc) is 2.99. The topological polar surface area (TPSA) is 58.2 Å². The van der Waals surface area contributed by atoms with E-state index in [2.05, 4.69) is 10.2 Å². The van der Waals surface area contributed by atoms with E-state index in [9.17, 15) is 4.79 Å². The fourth-order valence-corrected chi connectivity index (χ4v) is 2.93. The number of nitrogens with zero attached hydrogens (tertiary/aromatic N) is 2. The highest BCUT2D eigenvalue weighted by Crippen LogP contribution is 2.23. The summed E-state index contributed by atoms with van der Waals surface area (Å²) >= 11 is 5.99. The van der Waals surface area contributed by atoms with Gasteiger partial charge < -0.3 is 9.64 Å². The Morgan fingerprint density at radius 1 is 1.43 bits per heavy atom. The third kappa shape index (κ3) is 3.50. The fourth-order valence-electron chi connectivity index (χ4n) is 2.75. The number of amides is 1. The lowest BCUT2D eigenvalue weighted by atomic mass is 10.0. The summed E-state index contributed by atoms with van der Waals surface area (Å²) in [5, 5.41) is 7.62. The number of aromatic nitrogens is 2. The zero-order valence-electron chi connectivity index (χ0n) is 13.3. The van der Waals surface area contributed by atoms with Crippen molar-refractivity contribution in [1.82, 2.24) is 15.1 Å². The molecule has 0 fully saturated rings. The van der Waals surface area contributed by atoms with Crippen molar-refractivity contribution >= 4 is 17.5 Å². The summed E-state index contributed by atoms with van der Waals surface area (Å²) in [5.74, 6) is 0.685. The smallest absolute Gasteiger partial charge is 0.264 e. The van der Waals surface area contributed by atoms with Crippen LogP contribution in [-0.2, 0) is 17.8 Å². The Bertz CT molecular complexity index is 699. The minimum atomic E-state index is -0.526. The molecule has 1 atom stereocenters. The highest BCUT2D eigenvalue weighted by Gasteiger charge is 2.31. The monoisotopic (exact) mass is 333 g/mol. The van der Waals surface area contributed by atoms with Gasteiger partial charge in [-0.1, -0.05) is 31.5 Å². The largest absolute Gasteiger partial charge is 0.480 e. The molecule has 1 aromatic heterocycles. The number of ether oxygens (including phenoxy) is 1. The van der Waals surface area contributed by atoms with E-state index in [1.54, 1.807) is 18.3 Å². The first-order valence-corrected chi connectivity index (χ1v) is 8.14. The Hall–Kier alpha value is -2.01. The second kappa shape index (κ2) is 6.62. The molecule has 3 rings (SSSR count). The van der Waals surface area contributed by atoms with Gasteiger partial charge in [-0.05, 0) is 24.1 Å². The number of nitrogens with one attached hydrogen (secondary N) is 1. The summed E-state index contributed by atoms with van der Waals surface area (Å²) in [5.41, 5.74) is 2.20. The van der Waals surface area contributed by atoms with Crippen molar-refractivity contribution in [2.75, 3.05) is 6.54 Å². The average molecular weight is 334 g/mol. The summed E-state index contributed by atoms with van der Waals surface area (Å²) in [6.07, 6.45) is 2.06. The van der Waals surface area contributed by atoms with Gasteiger partial charge in [-0.25, -0.2) is 0 Å². The van der Waals surface area contributed by atoms with Crippen molar-refractivity contribution < 1.29 is 9.53 Å². The predicted molar refractivity (Wildman–Crippen MR) is 88.4 cm³/mol. The molecule has 1 aliphatic heterocycles. The molecular weight excluding hydrogens is 314 g/mol. The molecule has 1 amide bonds. The lowest BCUT2D eigenvalue weighted by molar-refractivity contribution is -0.141. The highest BCUT2D eigenvalue weighted by molar-refractivity contribution is 6.30. The van der Waals surface area contributed by atoms with E-state index < -0.39 is 6.10 Å². The third-order valence-electron chi connectivity index (χ3n) is 4.02. The second-order valence-electron chi connectivity index (χ2n) is 6.12. The summed E-state index contributed by atoms with van der Waals surface area (Å²) in [7, 11) is 0. The van der Waals surface area contributed by atoms with Crippen molar-refractivity contribution in [2.24, 2.45) is 5.92 Å². The van der Waals surface area contributed by atoms with Crippen LogP contribution in [0, 0.1) is 5.92 Å². The number of hydrogen-bond acceptors (Lipinski definition) is 3. The number of H-pyrrole nitrogens is 1. The van der Waals surface area contributed by atoms with Crippen LogP contribution in [-0.4, -0.2) is 33.7 Å². The predicted octanol–water partition coefficient (Wildman–Crippen LogP) is 3.05. The Morgan fingerprint density at radius 2 is 2.26 bits per heavy atom. The highest BCUT2D eigenvalue weighted by atomic mass is 35.5. The Morgan fingerprint density at radius 3 is 3.00 bits per heavy atom. The first-order chi connectivity index (χ1) is 11.0. The Balaban J connectivity index is 1.74. The molecule has 122 valence electrons. The van der Waals surface area contributed by atoms with E-state index in [-0.39, 0.29) is 11.8 Å². The summed E-state index contributed by atoms with van der Waals surface area (Å²) in [6, 6.07) is 7.15. The Kier molecular flexibility index (Phi) is 4.57. The zero-order valence-corrected chi connectivity index (χ0v) is 14.0. The van der Waals surface area contributed by atoms with Crippen LogP contribution < -0.4 is 4.74 Å². The number of carbonyl (C=O) groups excluding carboxylic acids is 1. The molecule has 2 aromatic rings. The number of hydrogen-bond donors (Lipinski definition) is 1. The van der Waals surface area contributed by atoms with E-state index in [1.807, 2.05) is 30.9 Å². The van der Waals surface area contributed by atoms with Crippen LogP contribution in [0.5, 0.6) is 5.75 Å². The van der Waals surface area contributed by atoms with Crippen molar-refractivity contribution in [1.29, 1.82) is 0 Å². The molecule has 1 aliphatic rings. The van der Waals surface area contributed by atoms with E-state index >= 15 is 0 Å². The van der Waals surface area contributed by atoms with Gasteiger partial charge in [0.1, 0.15) is 5.75 Å². The van der Waals surface area contributed by atoms with E-state index in [0.29, 0.717) is 23.9 Å². The van der Waals surface area contributed by atoms with E-state index in [4.69, 9.17) is 16.3 Å². The normalized spacial score (nSPS) is 15.4. The molecule has 0 radical (unpaired) electrons. The van der Waals surface area contributed by atoms with Crippen LogP contribution in [0.1, 0.15) is 25.1 Å². The SMILES string of the molecule is CC(C)C(Oc1cccc(Cl)c1)C(=O)N1CCc2[nH]ncc2C1. The molecule has 5 nitrogen and oxygen atoms in total. The van der Waals surface area contributed by atoms with Gasteiger partial charge in [0.05, 0.1) is 6.20 Å². The maximum atomic E-state index is 12.9. The van der Waals surface area contributed by atoms with Gasteiger partial charge in [0, 0.05) is 35.8 Å². The minimum absolute atomic E-state index is 0.00632. The fraction of sp³-hybridized carbons (Fsp3) is 0.412. The zero-order chi connectivity index (χ0) is 16.4. The number of fused-ring (bicyclic) bond motifs is 1. The molecule has 0 saturated carbocycles. The number of aromatic amines is 1. The van der Waals surface area contributed by atoms with Crippen molar-refractivity contribution in [3.05, 3.63) is 46.7 Å². The van der Waals surface area contributed by atoms with Crippen LogP contribution in [0.25, 0.3) is 0 Å². The van der Waals surface area contributed by atoms with Crippen LogP contribution >= 0.6 is 11.6 Å². The first-order valence-electron chi connectivity index (χ1n) is 7.76. The number of rotatable bonds is 4. The van der Waals surface area contributed by atoms with Crippen molar-refractivity contribution in [3.63, 3.8) is 0 Å². The Labute approximate surface area is 140 Å². The molecule has 1 aromatic carbocycles. The standard InChI is InChI=1S/C17H20ClN3O2/c1-11(2)16(23-14-5-3-4-13(18)8-14)17(22)21-7-6-15-12(10-21)9-19-20-15/h3-5,8-9,11,16H,6-7,10H2,1-2H3,(H,19,20). The molecule has 6 heteroatoms. The lowest BCUT2D eigenvalue weighted by Gasteiger charge is -2.31. The number of carbonyl (C=O) groups is 1. The van der Waals surface area contributed by atoms with Crippen LogP contribution in [0.15, 0.2) is 30.5 Å². The second-order valence-corrected chi connectivity index (χ2v) is 6.56. The molecule has 0 aliphatic carbocycles. The summed E-state index contributed by atoms with van der Waals surface area (Å²) in [4.78, 5) is 14.7. The summed E-state index contributed by atoms with van der Waals surface area (Å²) in [6.45, 7) is 5.23. The van der Waals surface area contributed by atoms with E-state index in [1.165, 1.54) is 0 Å².